The predicted octanol–water partition coefficient (Wildman–Crippen LogP) is 5.02. The molecule has 31 heavy (non-hydrogen) atoms. The van der Waals surface area contributed by atoms with E-state index in [1.165, 1.54) is 6.26 Å². The smallest absolute Gasteiger partial charge is 0.291 e. The van der Waals surface area contributed by atoms with Crippen molar-refractivity contribution in [3.8, 4) is 0 Å². The normalized spacial score (nSPS) is 10.3. The van der Waals surface area contributed by atoms with Gasteiger partial charge in [0.15, 0.2) is 11.5 Å². The molecule has 0 bridgehead atoms. The van der Waals surface area contributed by atoms with Crippen molar-refractivity contribution >= 4 is 29.0 Å². The molecule has 0 aliphatic carbocycles. The van der Waals surface area contributed by atoms with Crippen LogP contribution in [0, 0.1) is 0 Å². The second-order valence-electron chi connectivity index (χ2n) is 6.74. The Morgan fingerprint density at radius 2 is 1.19 bits per heavy atom. The summed E-state index contributed by atoms with van der Waals surface area (Å²) in [6.45, 7) is 0. The Balaban J connectivity index is 1.47. The van der Waals surface area contributed by atoms with Gasteiger partial charge in [-0.15, -0.1) is 0 Å². The Kier molecular flexibility index (Phi) is 5.71. The highest BCUT2D eigenvalue weighted by molar-refractivity contribution is 6.10. The van der Waals surface area contributed by atoms with Crippen LogP contribution in [0.4, 0.5) is 11.4 Å². The first kappa shape index (κ1) is 19.8. The number of hydrogen-bond donors (Lipinski definition) is 2. The topological polar surface area (TPSA) is 88.4 Å². The summed E-state index contributed by atoms with van der Waals surface area (Å²) in [5.41, 5.74) is 2.37. The van der Waals surface area contributed by atoms with Crippen LogP contribution in [-0.2, 0) is 0 Å². The largest absolute Gasteiger partial charge is 0.459 e. The van der Waals surface area contributed by atoms with E-state index in [0.29, 0.717) is 28.1 Å². The van der Waals surface area contributed by atoms with Crippen LogP contribution < -0.4 is 10.6 Å². The van der Waals surface area contributed by atoms with Gasteiger partial charge in [-0.3, -0.25) is 14.4 Å². The minimum atomic E-state index is -0.408. The number of ketones is 1. The lowest BCUT2D eigenvalue weighted by atomic mass is 10.0. The Hall–Kier alpha value is -4.45. The number of hydrogen-bond acceptors (Lipinski definition) is 4. The van der Waals surface area contributed by atoms with Gasteiger partial charge in [0.2, 0.25) is 0 Å². The van der Waals surface area contributed by atoms with Crippen molar-refractivity contribution in [1.82, 2.24) is 0 Å². The first-order valence-corrected chi connectivity index (χ1v) is 9.56. The number of carbonyl (C=O) groups excluding carboxylic acids is 3. The lowest BCUT2D eigenvalue weighted by Crippen LogP contribution is -2.14. The summed E-state index contributed by atoms with van der Waals surface area (Å²) >= 11 is 0. The molecule has 6 heteroatoms. The van der Waals surface area contributed by atoms with E-state index in [-0.39, 0.29) is 17.5 Å². The minimum absolute atomic E-state index is 0.126. The molecule has 0 saturated carbocycles. The van der Waals surface area contributed by atoms with Gasteiger partial charge in [0.25, 0.3) is 11.8 Å². The molecule has 4 rings (SSSR count). The zero-order valence-electron chi connectivity index (χ0n) is 16.4. The SMILES string of the molecule is O=C(Nc1cccc(C(=O)c2ccccc2)c1)c1cccc(NC(=O)c2ccco2)c1. The van der Waals surface area contributed by atoms with Crippen molar-refractivity contribution in [3.05, 3.63) is 120 Å². The molecule has 0 aliphatic heterocycles. The summed E-state index contributed by atoms with van der Waals surface area (Å²) in [5, 5.41) is 5.48. The number of amides is 2. The number of carbonyl (C=O) groups is 3. The van der Waals surface area contributed by atoms with Crippen molar-refractivity contribution in [2.45, 2.75) is 0 Å². The van der Waals surface area contributed by atoms with Gasteiger partial charge in [-0.1, -0.05) is 48.5 Å². The van der Waals surface area contributed by atoms with E-state index in [1.807, 2.05) is 6.07 Å². The lowest BCUT2D eigenvalue weighted by Gasteiger charge is -2.09. The average Bonchev–Trinajstić information content (AvgIpc) is 3.35. The second-order valence-corrected chi connectivity index (χ2v) is 6.74. The van der Waals surface area contributed by atoms with E-state index in [0.717, 1.165) is 0 Å². The summed E-state index contributed by atoms with van der Waals surface area (Å²) in [6, 6.07) is 25.4. The van der Waals surface area contributed by atoms with Crippen LogP contribution in [0.1, 0.15) is 36.8 Å². The molecule has 2 amide bonds. The highest BCUT2D eigenvalue weighted by Gasteiger charge is 2.13. The molecular formula is C25H18N2O4. The van der Waals surface area contributed by atoms with Gasteiger partial charge in [0.05, 0.1) is 6.26 Å². The maximum absolute atomic E-state index is 12.7. The van der Waals surface area contributed by atoms with Gasteiger partial charge >= 0.3 is 0 Å². The molecular weight excluding hydrogens is 392 g/mol. The van der Waals surface area contributed by atoms with Crippen molar-refractivity contribution in [1.29, 1.82) is 0 Å². The van der Waals surface area contributed by atoms with Crippen LogP contribution in [0.2, 0.25) is 0 Å². The molecule has 0 radical (unpaired) electrons. The van der Waals surface area contributed by atoms with E-state index in [9.17, 15) is 14.4 Å². The summed E-state index contributed by atoms with van der Waals surface area (Å²) in [7, 11) is 0. The van der Waals surface area contributed by atoms with Crippen molar-refractivity contribution < 1.29 is 18.8 Å². The van der Waals surface area contributed by atoms with E-state index >= 15 is 0 Å². The molecule has 0 fully saturated rings. The van der Waals surface area contributed by atoms with E-state index in [1.54, 1.807) is 84.9 Å². The number of rotatable bonds is 6. The zero-order chi connectivity index (χ0) is 21.6. The highest BCUT2D eigenvalue weighted by Crippen LogP contribution is 2.18. The molecule has 4 aromatic rings. The third-order valence-electron chi connectivity index (χ3n) is 4.55. The standard InChI is InChI=1S/C25H18N2O4/c28-23(17-7-2-1-3-8-17)18-9-4-11-20(15-18)26-24(29)19-10-5-12-21(16-19)27-25(30)22-13-6-14-31-22/h1-16H,(H,26,29)(H,27,30). The summed E-state index contributed by atoms with van der Waals surface area (Å²) in [4.78, 5) is 37.5. The van der Waals surface area contributed by atoms with Gasteiger partial charge in [-0.25, -0.2) is 0 Å². The fourth-order valence-electron chi connectivity index (χ4n) is 3.04. The molecule has 2 N–H and O–H groups in total. The molecule has 6 nitrogen and oxygen atoms in total. The highest BCUT2D eigenvalue weighted by atomic mass is 16.3. The Morgan fingerprint density at radius 1 is 0.581 bits per heavy atom. The van der Waals surface area contributed by atoms with Gasteiger partial charge in [0.1, 0.15) is 0 Å². The van der Waals surface area contributed by atoms with E-state index in [4.69, 9.17) is 4.42 Å². The molecule has 3 aromatic carbocycles. The van der Waals surface area contributed by atoms with Crippen LogP contribution >= 0.6 is 0 Å². The van der Waals surface area contributed by atoms with Gasteiger partial charge < -0.3 is 15.1 Å². The van der Waals surface area contributed by atoms with Crippen LogP contribution in [0.5, 0.6) is 0 Å². The van der Waals surface area contributed by atoms with Crippen molar-refractivity contribution in [3.63, 3.8) is 0 Å². The number of nitrogens with one attached hydrogen (secondary N) is 2. The maximum Gasteiger partial charge on any atom is 0.291 e. The number of furan rings is 1. The molecule has 0 saturated heterocycles. The first-order valence-electron chi connectivity index (χ1n) is 9.56. The lowest BCUT2D eigenvalue weighted by molar-refractivity contribution is 0.0993. The quantitative estimate of drug-likeness (QED) is 0.437. The maximum atomic E-state index is 12.7. The Morgan fingerprint density at radius 3 is 1.87 bits per heavy atom. The van der Waals surface area contributed by atoms with E-state index in [2.05, 4.69) is 10.6 Å². The molecule has 1 heterocycles. The fraction of sp³-hybridized carbons (Fsp3) is 0. The van der Waals surface area contributed by atoms with Crippen LogP contribution in [0.15, 0.2) is 102 Å². The third kappa shape index (κ3) is 4.76. The molecule has 0 atom stereocenters. The third-order valence-corrected chi connectivity index (χ3v) is 4.55. The van der Waals surface area contributed by atoms with Gasteiger partial charge in [0, 0.05) is 28.1 Å². The zero-order valence-corrected chi connectivity index (χ0v) is 16.4. The Labute approximate surface area is 178 Å². The van der Waals surface area contributed by atoms with Crippen LogP contribution in [-0.4, -0.2) is 17.6 Å². The number of benzene rings is 3. The predicted molar refractivity (Wildman–Crippen MR) is 117 cm³/mol. The summed E-state index contributed by atoms with van der Waals surface area (Å²) in [6.07, 6.45) is 1.41. The molecule has 0 aliphatic rings. The summed E-state index contributed by atoms with van der Waals surface area (Å²) in [5.74, 6) is -0.720. The molecule has 0 spiro atoms. The van der Waals surface area contributed by atoms with Gasteiger partial charge in [-0.05, 0) is 42.5 Å². The van der Waals surface area contributed by atoms with Crippen molar-refractivity contribution in [2.24, 2.45) is 0 Å². The first-order chi connectivity index (χ1) is 15.1. The average molecular weight is 410 g/mol. The van der Waals surface area contributed by atoms with Crippen LogP contribution in [0.3, 0.4) is 0 Å². The minimum Gasteiger partial charge on any atom is -0.459 e. The van der Waals surface area contributed by atoms with E-state index < -0.39 is 5.91 Å². The van der Waals surface area contributed by atoms with Gasteiger partial charge in [-0.2, -0.15) is 0 Å². The monoisotopic (exact) mass is 410 g/mol. The molecule has 0 unspecified atom stereocenters. The number of anilines is 2. The second kappa shape index (κ2) is 8.92. The molecule has 152 valence electrons. The Bertz CT molecular complexity index is 1230. The van der Waals surface area contributed by atoms with Crippen molar-refractivity contribution in [2.75, 3.05) is 10.6 Å². The molecule has 1 aromatic heterocycles. The fourth-order valence-corrected chi connectivity index (χ4v) is 3.04. The van der Waals surface area contributed by atoms with Crippen LogP contribution in [0.25, 0.3) is 0 Å². The summed E-state index contributed by atoms with van der Waals surface area (Å²) < 4.78 is 5.07.